The van der Waals surface area contributed by atoms with Crippen LogP contribution in [0.15, 0.2) is 12.1 Å². The first-order valence-corrected chi connectivity index (χ1v) is 6.81. The van der Waals surface area contributed by atoms with E-state index in [9.17, 15) is 0 Å². The molecule has 4 nitrogen and oxygen atoms in total. The smallest absolute Gasteiger partial charge is 0.128 e. The van der Waals surface area contributed by atoms with Crippen molar-refractivity contribution in [2.24, 2.45) is 5.73 Å². The number of hydrogen-bond donors (Lipinski definition) is 1. The summed E-state index contributed by atoms with van der Waals surface area (Å²) in [5.74, 6) is 1.09. The van der Waals surface area contributed by atoms with Gasteiger partial charge in [-0.2, -0.15) is 0 Å². The van der Waals surface area contributed by atoms with Crippen LogP contribution in [-0.4, -0.2) is 42.1 Å². The van der Waals surface area contributed by atoms with Gasteiger partial charge in [-0.25, -0.2) is 4.98 Å². The lowest BCUT2D eigenvalue weighted by Crippen LogP contribution is -2.52. The number of piperazine rings is 1. The molecule has 1 aromatic heterocycles. The maximum absolute atomic E-state index is 5.68. The summed E-state index contributed by atoms with van der Waals surface area (Å²) in [6.07, 6.45) is 0. The highest BCUT2D eigenvalue weighted by Gasteiger charge is 2.23. The number of likely N-dealkylation sites (N-methyl/N-ethyl adjacent to an activating group) is 1. The van der Waals surface area contributed by atoms with E-state index in [1.165, 1.54) is 0 Å². The standard InChI is InChI=1S/C14H24N4/c1-4-17-7-8-18(10-11(17)2)14-6-5-13(9-15)12(3)16-14/h5-6,11H,4,7-10,15H2,1-3H3. The molecule has 1 aliphatic rings. The van der Waals surface area contributed by atoms with Crippen LogP contribution in [0.1, 0.15) is 25.1 Å². The molecular weight excluding hydrogens is 224 g/mol. The Morgan fingerprint density at radius 3 is 2.72 bits per heavy atom. The molecule has 2 N–H and O–H groups in total. The molecule has 1 fully saturated rings. The van der Waals surface area contributed by atoms with Crippen molar-refractivity contribution < 1.29 is 0 Å². The summed E-state index contributed by atoms with van der Waals surface area (Å²) < 4.78 is 0. The van der Waals surface area contributed by atoms with E-state index in [0.717, 1.165) is 43.3 Å². The molecule has 0 amide bonds. The van der Waals surface area contributed by atoms with E-state index in [4.69, 9.17) is 5.73 Å². The van der Waals surface area contributed by atoms with Gasteiger partial charge in [0, 0.05) is 37.9 Å². The van der Waals surface area contributed by atoms with Crippen molar-refractivity contribution in [3.63, 3.8) is 0 Å². The van der Waals surface area contributed by atoms with Crippen LogP contribution in [0.25, 0.3) is 0 Å². The number of hydrogen-bond acceptors (Lipinski definition) is 4. The number of aromatic nitrogens is 1. The summed E-state index contributed by atoms with van der Waals surface area (Å²) in [4.78, 5) is 9.57. The zero-order valence-corrected chi connectivity index (χ0v) is 11.7. The summed E-state index contributed by atoms with van der Waals surface area (Å²) in [6.45, 7) is 11.5. The highest BCUT2D eigenvalue weighted by Crippen LogP contribution is 2.18. The fourth-order valence-electron chi connectivity index (χ4n) is 2.64. The van der Waals surface area contributed by atoms with Gasteiger partial charge in [-0.3, -0.25) is 4.90 Å². The Kier molecular flexibility index (Phi) is 4.19. The molecule has 0 saturated carbocycles. The Labute approximate surface area is 110 Å². The Hall–Kier alpha value is -1.13. The first kappa shape index (κ1) is 13.3. The Balaban J connectivity index is 2.11. The van der Waals surface area contributed by atoms with Gasteiger partial charge in [0.15, 0.2) is 0 Å². The highest BCUT2D eigenvalue weighted by molar-refractivity contribution is 5.42. The van der Waals surface area contributed by atoms with E-state index in [2.05, 4.69) is 40.8 Å². The molecule has 0 spiro atoms. The summed E-state index contributed by atoms with van der Waals surface area (Å²) in [5, 5.41) is 0. The number of pyridine rings is 1. The molecule has 1 aliphatic heterocycles. The van der Waals surface area contributed by atoms with Crippen LogP contribution in [0.3, 0.4) is 0 Å². The first-order valence-electron chi connectivity index (χ1n) is 6.81. The highest BCUT2D eigenvalue weighted by atomic mass is 15.3. The van der Waals surface area contributed by atoms with E-state index >= 15 is 0 Å². The zero-order chi connectivity index (χ0) is 13.1. The lowest BCUT2D eigenvalue weighted by molar-refractivity contribution is 0.199. The van der Waals surface area contributed by atoms with Crippen LogP contribution in [0.5, 0.6) is 0 Å². The van der Waals surface area contributed by atoms with E-state index in [1.54, 1.807) is 0 Å². The Bertz CT molecular complexity index is 405. The van der Waals surface area contributed by atoms with Crippen molar-refractivity contribution in [1.29, 1.82) is 0 Å². The fraction of sp³-hybridized carbons (Fsp3) is 0.643. The summed E-state index contributed by atoms with van der Waals surface area (Å²) in [6, 6.07) is 4.80. The Morgan fingerprint density at radius 2 is 2.17 bits per heavy atom. The van der Waals surface area contributed by atoms with Crippen molar-refractivity contribution in [2.75, 3.05) is 31.1 Å². The lowest BCUT2D eigenvalue weighted by atomic mass is 10.1. The van der Waals surface area contributed by atoms with Gasteiger partial charge in [-0.05, 0) is 32.0 Å². The van der Waals surface area contributed by atoms with Crippen LogP contribution >= 0.6 is 0 Å². The summed E-state index contributed by atoms with van der Waals surface area (Å²) in [7, 11) is 0. The minimum atomic E-state index is 0.569. The summed E-state index contributed by atoms with van der Waals surface area (Å²) in [5.41, 5.74) is 7.87. The topological polar surface area (TPSA) is 45.4 Å². The molecule has 100 valence electrons. The Morgan fingerprint density at radius 1 is 1.39 bits per heavy atom. The molecule has 0 radical (unpaired) electrons. The predicted molar refractivity (Wildman–Crippen MR) is 75.8 cm³/mol. The van der Waals surface area contributed by atoms with Gasteiger partial charge >= 0.3 is 0 Å². The van der Waals surface area contributed by atoms with Gasteiger partial charge in [-0.15, -0.1) is 0 Å². The van der Waals surface area contributed by atoms with E-state index in [1.807, 2.05) is 6.92 Å². The molecule has 0 aromatic carbocycles. The maximum Gasteiger partial charge on any atom is 0.128 e. The largest absolute Gasteiger partial charge is 0.354 e. The van der Waals surface area contributed by atoms with Crippen molar-refractivity contribution in [3.05, 3.63) is 23.4 Å². The average Bonchev–Trinajstić information content (AvgIpc) is 2.38. The van der Waals surface area contributed by atoms with Gasteiger partial charge in [0.1, 0.15) is 5.82 Å². The molecule has 1 atom stereocenters. The summed E-state index contributed by atoms with van der Waals surface area (Å²) >= 11 is 0. The molecule has 1 aromatic rings. The number of nitrogens with zero attached hydrogens (tertiary/aromatic N) is 3. The van der Waals surface area contributed by atoms with Gasteiger partial charge in [0.05, 0.1) is 0 Å². The molecule has 1 unspecified atom stereocenters. The maximum atomic E-state index is 5.68. The van der Waals surface area contributed by atoms with Crippen LogP contribution < -0.4 is 10.6 Å². The van der Waals surface area contributed by atoms with Crippen molar-refractivity contribution in [2.45, 2.75) is 33.4 Å². The van der Waals surface area contributed by atoms with Crippen LogP contribution in [0.2, 0.25) is 0 Å². The van der Waals surface area contributed by atoms with Crippen LogP contribution in [-0.2, 0) is 6.54 Å². The third kappa shape index (κ3) is 2.65. The van der Waals surface area contributed by atoms with Gasteiger partial charge < -0.3 is 10.6 Å². The third-order valence-corrected chi connectivity index (χ3v) is 3.90. The second kappa shape index (κ2) is 5.67. The van der Waals surface area contributed by atoms with Crippen LogP contribution in [0.4, 0.5) is 5.82 Å². The molecule has 2 rings (SSSR count). The number of anilines is 1. The molecule has 0 bridgehead atoms. The van der Waals surface area contributed by atoms with E-state index < -0.39 is 0 Å². The normalized spacial score (nSPS) is 21.3. The second-order valence-electron chi connectivity index (χ2n) is 5.04. The van der Waals surface area contributed by atoms with Crippen molar-refractivity contribution >= 4 is 5.82 Å². The monoisotopic (exact) mass is 248 g/mol. The number of aryl methyl sites for hydroxylation is 1. The molecule has 1 saturated heterocycles. The van der Waals surface area contributed by atoms with Crippen molar-refractivity contribution in [3.8, 4) is 0 Å². The SMILES string of the molecule is CCN1CCN(c2ccc(CN)c(C)n2)CC1C. The number of nitrogens with two attached hydrogens (primary N) is 1. The van der Waals surface area contributed by atoms with E-state index in [-0.39, 0.29) is 0 Å². The third-order valence-electron chi connectivity index (χ3n) is 3.90. The van der Waals surface area contributed by atoms with Crippen molar-refractivity contribution in [1.82, 2.24) is 9.88 Å². The molecular formula is C14H24N4. The minimum absolute atomic E-state index is 0.569. The van der Waals surface area contributed by atoms with Gasteiger partial charge in [0.25, 0.3) is 0 Å². The number of rotatable bonds is 3. The predicted octanol–water partition coefficient (Wildman–Crippen LogP) is 1.38. The van der Waals surface area contributed by atoms with Gasteiger partial charge in [0.2, 0.25) is 0 Å². The molecule has 2 heterocycles. The second-order valence-corrected chi connectivity index (χ2v) is 5.04. The zero-order valence-electron chi connectivity index (χ0n) is 11.7. The quantitative estimate of drug-likeness (QED) is 0.878. The molecule has 0 aliphatic carbocycles. The lowest BCUT2D eigenvalue weighted by Gasteiger charge is -2.40. The average molecular weight is 248 g/mol. The van der Waals surface area contributed by atoms with E-state index in [0.29, 0.717) is 12.6 Å². The molecule has 18 heavy (non-hydrogen) atoms. The fourth-order valence-corrected chi connectivity index (χ4v) is 2.64. The van der Waals surface area contributed by atoms with Crippen LogP contribution in [0, 0.1) is 6.92 Å². The first-order chi connectivity index (χ1) is 8.65. The van der Waals surface area contributed by atoms with Gasteiger partial charge in [-0.1, -0.05) is 13.0 Å². The molecule has 4 heteroatoms. The minimum Gasteiger partial charge on any atom is -0.354 e.